The van der Waals surface area contributed by atoms with E-state index < -0.39 is 5.41 Å². The van der Waals surface area contributed by atoms with E-state index in [1.54, 1.807) is 0 Å². The van der Waals surface area contributed by atoms with E-state index in [4.69, 9.17) is 0 Å². The normalized spacial score (nSPS) is 14.1. The lowest BCUT2D eigenvalue weighted by atomic mass is 9.67. The molecule has 20 aromatic rings. The number of anilines is 6. The molecule has 3 aliphatic rings. The number of nitrogens with zero attached hydrogens (tertiary/aromatic N) is 2. The Hall–Kier alpha value is -15.2. The van der Waals surface area contributed by atoms with E-state index in [-0.39, 0.29) is 0 Å². The van der Waals surface area contributed by atoms with Crippen LogP contribution in [-0.4, -0.2) is 0 Å². The molecule has 0 bridgehead atoms. The second-order valence-electron chi connectivity index (χ2n) is 32.3. The second kappa shape index (κ2) is 29.2. The lowest BCUT2D eigenvalue weighted by Crippen LogP contribution is -2.29. The zero-order valence-corrected chi connectivity index (χ0v) is 66.2. The smallest absolute Gasteiger partial charge is 0.0711 e. The minimum Gasteiger partial charge on any atom is -0.310 e. The van der Waals surface area contributed by atoms with E-state index in [0.29, 0.717) is 0 Å². The van der Waals surface area contributed by atoms with Crippen LogP contribution in [-0.2, 0) is 11.8 Å². The highest BCUT2D eigenvalue weighted by molar-refractivity contribution is 6.27. The van der Waals surface area contributed by atoms with Crippen molar-refractivity contribution in [1.29, 1.82) is 0 Å². The van der Waals surface area contributed by atoms with Gasteiger partial charge in [-0.05, 0) is 297 Å². The fourth-order valence-electron chi connectivity index (χ4n) is 20.3. The van der Waals surface area contributed by atoms with E-state index in [0.717, 1.165) is 64.5 Å². The van der Waals surface area contributed by atoms with Crippen LogP contribution >= 0.6 is 0 Å². The predicted octanol–water partition coefficient (Wildman–Crippen LogP) is 32.2. The van der Waals surface area contributed by atoms with Gasteiger partial charge in [0.25, 0.3) is 0 Å². The summed E-state index contributed by atoms with van der Waals surface area (Å²) in [6.07, 6.45) is 16.6. The Morgan fingerprint density at radius 3 is 1.25 bits per heavy atom. The van der Waals surface area contributed by atoms with Gasteiger partial charge in [0.05, 0.1) is 5.41 Å². The van der Waals surface area contributed by atoms with Gasteiger partial charge < -0.3 is 9.80 Å². The molecule has 120 heavy (non-hydrogen) atoms. The average Bonchev–Trinajstić information content (AvgIpc) is 1.53. The van der Waals surface area contributed by atoms with Gasteiger partial charge in [-0.15, -0.1) is 0 Å². The van der Waals surface area contributed by atoms with Gasteiger partial charge in [0.1, 0.15) is 0 Å². The van der Waals surface area contributed by atoms with Crippen LogP contribution in [0.4, 0.5) is 34.1 Å². The third-order valence-corrected chi connectivity index (χ3v) is 25.8. The zero-order chi connectivity index (χ0) is 79.2. The molecular formula is C118H80N2. The number of fused-ring (bicyclic) bond motifs is 17. The number of hydrogen-bond acceptors (Lipinski definition) is 2. The van der Waals surface area contributed by atoms with Crippen molar-refractivity contribution in [3.8, 4) is 66.8 Å². The maximum Gasteiger partial charge on any atom is 0.0711 e. The van der Waals surface area contributed by atoms with Gasteiger partial charge in [-0.3, -0.25) is 0 Å². The van der Waals surface area contributed by atoms with Crippen molar-refractivity contribution in [2.24, 2.45) is 0 Å². The zero-order valence-electron chi connectivity index (χ0n) is 66.2. The van der Waals surface area contributed by atoms with Crippen molar-refractivity contribution in [2.45, 2.75) is 24.7 Å². The Morgan fingerprint density at radius 2 is 0.633 bits per heavy atom. The fraction of sp³-hybridized carbons (Fsp3) is 0.0339. The highest BCUT2D eigenvalue weighted by atomic mass is 15.1. The number of rotatable bonds is 14. The molecule has 1 atom stereocenters. The molecule has 0 fully saturated rings. The quantitative estimate of drug-likeness (QED) is 0.100. The minimum atomic E-state index is -0.580. The van der Waals surface area contributed by atoms with Gasteiger partial charge in [0.2, 0.25) is 0 Å². The van der Waals surface area contributed by atoms with Gasteiger partial charge >= 0.3 is 0 Å². The first-order valence-electron chi connectivity index (χ1n) is 42.0. The van der Waals surface area contributed by atoms with Gasteiger partial charge in [-0.1, -0.05) is 358 Å². The minimum absolute atomic E-state index is 0.580. The topological polar surface area (TPSA) is 6.48 Å². The maximum atomic E-state index is 2.51. The fourth-order valence-corrected chi connectivity index (χ4v) is 20.3. The lowest BCUT2D eigenvalue weighted by molar-refractivity contribution is 0.763. The van der Waals surface area contributed by atoms with Crippen molar-refractivity contribution < 1.29 is 0 Å². The highest BCUT2D eigenvalue weighted by Gasteiger charge is 2.47. The first-order valence-corrected chi connectivity index (χ1v) is 42.0. The standard InChI is InChI=1S/C118H80N2/c1-2-5-35-88(34-4-1)118(89-36-6-3-7-37-89)116-56-19-18-50-112(116)113-70-67-95(77-117(113)118)120(91-65-59-79(60-66-91)84-62-69-111-107-47-13-11-43-103(107)105-45-15-17-49-109(105)115(111)76-84)94-40-23-33-87(74-94)99-53-26-54-100-98(52-25-55-101(99)100)85-31-20-29-81(71-85)82-30-21-38-92(72-82)119(93-39-22-32-86(73-93)97-51-24-28-80-27-8-9-41-96(80)97)90-63-57-78(58-64-90)83-61-68-110-106-46-12-10-42-102(106)104-44-14-16-48-108(104)114(110)75-83/h1-4,6-25,27-53,55-77H,5,26,54H2. The van der Waals surface area contributed by atoms with E-state index in [1.165, 1.54) is 176 Å². The van der Waals surface area contributed by atoms with E-state index >= 15 is 0 Å². The third-order valence-electron chi connectivity index (χ3n) is 25.8. The van der Waals surface area contributed by atoms with Crippen molar-refractivity contribution in [3.05, 3.63) is 488 Å². The summed E-state index contributed by atoms with van der Waals surface area (Å²) in [4.78, 5) is 4.93. The van der Waals surface area contributed by atoms with Gasteiger partial charge in [0, 0.05) is 34.1 Å². The molecule has 23 rings (SSSR count). The molecule has 0 aromatic heterocycles. The summed E-state index contributed by atoms with van der Waals surface area (Å²) >= 11 is 0. The van der Waals surface area contributed by atoms with Crippen molar-refractivity contribution in [3.63, 3.8) is 0 Å². The molecule has 2 heteroatoms. The van der Waals surface area contributed by atoms with Crippen LogP contribution in [0.5, 0.6) is 0 Å². The molecule has 0 radical (unpaired) electrons. The SMILES string of the molecule is C1=CCC=C(C2(c3ccccc3)c3ccccc3-c3ccc(N(c4ccc(-c5ccc6c7ccccc7c7ccccc7c6c5)cc4)c4cccc(C5=CCCc6c5cccc6-c5cccc(-c6cccc(N(c7ccc(-c8ccc9c%10ccccc%10c%10ccccc%10c9c8)cc7)c7cccc(-c8cccc9ccccc89)c7)c6)c5)c4)cc32)C=C1. The van der Waals surface area contributed by atoms with Crippen LogP contribution in [0.2, 0.25) is 0 Å². The third kappa shape index (κ3) is 11.8. The molecule has 3 aliphatic carbocycles. The molecule has 0 amide bonds. The Kier molecular flexibility index (Phi) is 17.1. The van der Waals surface area contributed by atoms with Gasteiger partial charge in [0.15, 0.2) is 0 Å². The summed E-state index contributed by atoms with van der Waals surface area (Å²) in [6.45, 7) is 0. The molecular weight excluding hydrogens is 1450 g/mol. The molecule has 0 saturated heterocycles. The number of benzene rings is 20. The number of allylic oxidation sites excluding steroid dienone is 7. The van der Waals surface area contributed by atoms with Crippen LogP contribution < -0.4 is 9.80 Å². The van der Waals surface area contributed by atoms with Crippen molar-refractivity contribution in [1.82, 2.24) is 0 Å². The second-order valence-corrected chi connectivity index (χ2v) is 32.3. The molecule has 0 spiro atoms. The summed E-state index contributed by atoms with van der Waals surface area (Å²) in [7, 11) is 0. The molecule has 0 aliphatic heterocycles. The Bertz CT molecular complexity index is 7610. The van der Waals surface area contributed by atoms with Crippen LogP contribution in [0.3, 0.4) is 0 Å². The Labute approximate surface area is 699 Å². The van der Waals surface area contributed by atoms with Crippen LogP contribution in [0.1, 0.15) is 46.2 Å². The average molecular weight is 1530 g/mol. The van der Waals surface area contributed by atoms with E-state index in [2.05, 4.69) is 459 Å². The van der Waals surface area contributed by atoms with Crippen molar-refractivity contribution in [2.75, 3.05) is 9.80 Å². The van der Waals surface area contributed by atoms with Crippen LogP contribution in [0.15, 0.2) is 455 Å². The van der Waals surface area contributed by atoms with Crippen LogP contribution in [0, 0.1) is 0 Å². The van der Waals surface area contributed by atoms with Crippen LogP contribution in [0.25, 0.3) is 148 Å². The van der Waals surface area contributed by atoms with E-state index in [1.807, 2.05) is 0 Å². The molecule has 0 saturated carbocycles. The molecule has 0 N–H and O–H groups in total. The molecule has 2 nitrogen and oxygen atoms in total. The van der Waals surface area contributed by atoms with Crippen molar-refractivity contribution >= 4 is 115 Å². The highest BCUT2D eigenvalue weighted by Crippen LogP contribution is 2.59. The van der Waals surface area contributed by atoms with Gasteiger partial charge in [-0.25, -0.2) is 0 Å². The summed E-state index contributed by atoms with van der Waals surface area (Å²) in [6, 6.07) is 155. The molecule has 1 unspecified atom stereocenters. The lowest BCUT2D eigenvalue weighted by Gasteiger charge is -2.35. The summed E-state index contributed by atoms with van der Waals surface area (Å²) in [5, 5.41) is 17.7. The van der Waals surface area contributed by atoms with E-state index in [9.17, 15) is 0 Å². The van der Waals surface area contributed by atoms with Gasteiger partial charge in [-0.2, -0.15) is 0 Å². The summed E-state index contributed by atoms with van der Waals surface area (Å²) in [5.74, 6) is 0. The summed E-state index contributed by atoms with van der Waals surface area (Å²) in [5.41, 5.74) is 30.4. The molecule has 20 aromatic carbocycles. The number of hydrogen-bond donors (Lipinski definition) is 0. The molecule has 0 heterocycles. The first-order chi connectivity index (χ1) is 59.5. The maximum absolute atomic E-state index is 2.51. The monoisotopic (exact) mass is 1520 g/mol. The molecule has 562 valence electrons. The Balaban J connectivity index is 0.611. The summed E-state index contributed by atoms with van der Waals surface area (Å²) < 4.78 is 0. The Morgan fingerprint density at radius 1 is 0.225 bits per heavy atom. The first kappa shape index (κ1) is 70.2. The largest absolute Gasteiger partial charge is 0.310 e. The predicted molar refractivity (Wildman–Crippen MR) is 510 cm³/mol.